The standard InChI is InChI=1S/C8H12F3NO/c1-12-4-2-3-6(5-12)7(13)8(9,10)11/h6H,2-5H2,1H3. The number of alkyl halides is 3. The topological polar surface area (TPSA) is 20.3 Å². The first-order valence-corrected chi connectivity index (χ1v) is 4.21. The van der Waals surface area contributed by atoms with Crippen molar-refractivity contribution in [3.05, 3.63) is 0 Å². The number of Topliss-reactive ketones (excluding diaryl/α,β-unsaturated/α-hetero) is 1. The molecule has 0 bridgehead atoms. The van der Waals surface area contributed by atoms with Gasteiger partial charge in [0.15, 0.2) is 0 Å². The quantitative estimate of drug-likeness (QED) is 0.631. The molecule has 0 aliphatic carbocycles. The van der Waals surface area contributed by atoms with Crippen LogP contribution in [0.25, 0.3) is 0 Å². The number of ketones is 1. The van der Waals surface area contributed by atoms with Crippen LogP contribution in [0.3, 0.4) is 0 Å². The van der Waals surface area contributed by atoms with Crippen LogP contribution in [-0.2, 0) is 4.79 Å². The Kier molecular flexibility index (Phi) is 2.95. The highest BCUT2D eigenvalue weighted by molar-refractivity contribution is 5.86. The Hall–Kier alpha value is -0.580. The van der Waals surface area contributed by atoms with E-state index < -0.39 is 17.9 Å². The lowest BCUT2D eigenvalue weighted by atomic mass is 9.94. The molecule has 0 aromatic heterocycles. The normalized spacial score (nSPS) is 26.0. The Bertz CT molecular complexity index is 202. The number of hydrogen-bond acceptors (Lipinski definition) is 2. The Morgan fingerprint density at radius 1 is 1.46 bits per heavy atom. The van der Waals surface area contributed by atoms with Crippen LogP contribution in [0.4, 0.5) is 13.2 Å². The SMILES string of the molecule is CN1CCCC(C(=O)C(F)(F)F)C1. The van der Waals surface area contributed by atoms with Gasteiger partial charge >= 0.3 is 6.18 Å². The fourth-order valence-corrected chi connectivity index (χ4v) is 1.61. The summed E-state index contributed by atoms with van der Waals surface area (Å²) in [5.74, 6) is -2.42. The summed E-state index contributed by atoms with van der Waals surface area (Å²) in [4.78, 5) is 12.6. The highest BCUT2D eigenvalue weighted by Crippen LogP contribution is 2.26. The van der Waals surface area contributed by atoms with Crippen molar-refractivity contribution in [2.45, 2.75) is 19.0 Å². The predicted molar refractivity (Wildman–Crippen MR) is 41.3 cm³/mol. The van der Waals surface area contributed by atoms with Gasteiger partial charge in [-0.2, -0.15) is 13.2 Å². The van der Waals surface area contributed by atoms with Crippen LogP contribution >= 0.6 is 0 Å². The second kappa shape index (κ2) is 3.65. The maximum atomic E-state index is 12.0. The average Bonchev–Trinajstić information content (AvgIpc) is 2.01. The molecule has 2 nitrogen and oxygen atoms in total. The molecular formula is C8H12F3NO. The summed E-state index contributed by atoms with van der Waals surface area (Å²) >= 11 is 0. The van der Waals surface area contributed by atoms with E-state index in [2.05, 4.69) is 0 Å². The van der Waals surface area contributed by atoms with Crippen molar-refractivity contribution in [2.75, 3.05) is 20.1 Å². The zero-order chi connectivity index (χ0) is 10.1. The highest BCUT2D eigenvalue weighted by atomic mass is 19.4. The number of carbonyl (C=O) groups excluding carboxylic acids is 1. The minimum Gasteiger partial charge on any atom is -0.306 e. The maximum absolute atomic E-state index is 12.0. The van der Waals surface area contributed by atoms with E-state index in [4.69, 9.17) is 0 Å². The van der Waals surface area contributed by atoms with E-state index in [-0.39, 0.29) is 6.54 Å². The minimum atomic E-state index is -4.66. The van der Waals surface area contributed by atoms with Gasteiger partial charge in [0.1, 0.15) is 0 Å². The first-order chi connectivity index (χ1) is 5.91. The molecule has 0 N–H and O–H groups in total. The molecule has 1 aliphatic heterocycles. The van der Waals surface area contributed by atoms with E-state index in [0.29, 0.717) is 12.8 Å². The summed E-state index contributed by atoms with van der Waals surface area (Å²) in [5.41, 5.74) is 0. The number of carbonyl (C=O) groups is 1. The molecule has 1 saturated heterocycles. The van der Waals surface area contributed by atoms with Crippen molar-refractivity contribution in [2.24, 2.45) is 5.92 Å². The maximum Gasteiger partial charge on any atom is 0.450 e. The van der Waals surface area contributed by atoms with Gasteiger partial charge in [-0.15, -0.1) is 0 Å². The van der Waals surface area contributed by atoms with E-state index in [9.17, 15) is 18.0 Å². The fourth-order valence-electron chi connectivity index (χ4n) is 1.61. The molecule has 1 heterocycles. The molecule has 1 unspecified atom stereocenters. The third kappa shape index (κ3) is 2.69. The van der Waals surface area contributed by atoms with Gasteiger partial charge in [-0.3, -0.25) is 4.79 Å². The summed E-state index contributed by atoms with van der Waals surface area (Å²) in [6, 6.07) is 0. The summed E-state index contributed by atoms with van der Waals surface area (Å²) in [5, 5.41) is 0. The molecule has 0 saturated carbocycles. The van der Waals surface area contributed by atoms with Crippen molar-refractivity contribution in [3.63, 3.8) is 0 Å². The van der Waals surface area contributed by atoms with E-state index in [1.807, 2.05) is 0 Å². The third-order valence-electron chi connectivity index (χ3n) is 2.27. The fraction of sp³-hybridized carbons (Fsp3) is 0.875. The third-order valence-corrected chi connectivity index (χ3v) is 2.27. The van der Waals surface area contributed by atoms with Gasteiger partial charge in [0.25, 0.3) is 0 Å². The Balaban J connectivity index is 2.56. The molecule has 0 aromatic carbocycles. The molecule has 0 spiro atoms. The van der Waals surface area contributed by atoms with E-state index >= 15 is 0 Å². The predicted octanol–water partition coefficient (Wildman–Crippen LogP) is 1.46. The van der Waals surface area contributed by atoms with Crippen LogP contribution in [0.15, 0.2) is 0 Å². The van der Waals surface area contributed by atoms with Crippen molar-refractivity contribution in [3.8, 4) is 0 Å². The molecule has 1 rings (SSSR count). The van der Waals surface area contributed by atoms with Gasteiger partial charge in [-0.05, 0) is 26.4 Å². The number of piperidine rings is 1. The number of halogens is 3. The summed E-state index contributed by atoms with van der Waals surface area (Å²) < 4.78 is 36.0. The lowest BCUT2D eigenvalue weighted by Crippen LogP contribution is -2.41. The van der Waals surface area contributed by atoms with Crippen molar-refractivity contribution >= 4 is 5.78 Å². The minimum absolute atomic E-state index is 0.234. The van der Waals surface area contributed by atoms with Crippen molar-refractivity contribution in [1.82, 2.24) is 4.90 Å². The van der Waals surface area contributed by atoms with E-state index in [1.165, 1.54) is 0 Å². The van der Waals surface area contributed by atoms with Crippen LogP contribution < -0.4 is 0 Å². The largest absolute Gasteiger partial charge is 0.450 e. The number of likely N-dealkylation sites (tertiary alicyclic amines) is 1. The Morgan fingerprint density at radius 2 is 2.08 bits per heavy atom. The van der Waals surface area contributed by atoms with Gasteiger partial charge in [-0.25, -0.2) is 0 Å². The molecule has 0 aromatic rings. The highest BCUT2D eigenvalue weighted by Gasteiger charge is 2.43. The molecule has 1 fully saturated rings. The van der Waals surface area contributed by atoms with Crippen LogP contribution in [0.5, 0.6) is 0 Å². The molecule has 5 heteroatoms. The second-order valence-electron chi connectivity index (χ2n) is 3.46. The lowest BCUT2D eigenvalue weighted by Gasteiger charge is -2.28. The van der Waals surface area contributed by atoms with E-state index in [1.54, 1.807) is 11.9 Å². The van der Waals surface area contributed by atoms with Gasteiger partial charge in [-0.1, -0.05) is 0 Å². The van der Waals surface area contributed by atoms with Crippen molar-refractivity contribution in [1.29, 1.82) is 0 Å². The zero-order valence-corrected chi connectivity index (χ0v) is 7.40. The number of nitrogens with zero attached hydrogens (tertiary/aromatic N) is 1. The first-order valence-electron chi connectivity index (χ1n) is 4.21. The summed E-state index contributed by atoms with van der Waals surface area (Å²) in [6.45, 7) is 1.01. The Morgan fingerprint density at radius 3 is 2.54 bits per heavy atom. The molecular weight excluding hydrogens is 183 g/mol. The van der Waals surface area contributed by atoms with Crippen LogP contribution in [-0.4, -0.2) is 37.0 Å². The molecule has 76 valence electrons. The van der Waals surface area contributed by atoms with Crippen LogP contribution in [0, 0.1) is 5.92 Å². The van der Waals surface area contributed by atoms with Crippen LogP contribution in [0.1, 0.15) is 12.8 Å². The van der Waals surface area contributed by atoms with E-state index in [0.717, 1.165) is 6.54 Å². The van der Waals surface area contributed by atoms with Gasteiger partial charge < -0.3 is 4.90 Å². The summed E-state index contributed by atoms with van der Waals surface area (Å²) in [7, 11) is 1.73. The van der Waals surface area contributed by atoms with Crippen LogP contribution in [0.2, 0.25) is 0 Å². The van der Waals surface area contributed by atoms with Gasteiger partial charge in [0.2, 0.25) is 5.78 Å². The lowest BCUT2D eigenvalue weighted by molar-refractivity contribution is -0.177. The smallest absolute Gasteiger partial charge is 0.306 e. The molecule has 0 amide bonds. The van der Waals surface area contributed by atoms with Gasteiger partial charge in [0.05, 0.1) is 0 Å². The average molecular weight is 195 g/mol. The molecule has 1 aliphatic rings. The van der Waals surface area contributed by atoms with Gasteiger partial charge in [0, 0.05) is 12.5 Å². The summed E-state index contributed by atoms with van der Waals surface area (Å²) in [6.07, 6.45) is -3.63. The monoisotopic (exact) mass is 195 g/mol. The molecule has 1 atom stereocenters. The first kappa shape index (κ1) is 10.5. The molecule has 13 heavy (non-hydrogen) atoms. The van der Waals surface area contributed by atoms with Crippen molar-refractivity contribution < 1.29 is 18.0 Å². The Labute approximate surface area is 74.7 Å². The molecule has 0 radical (unpaired) electrons. The number of rotatable bonds is 1. The number of hydrogen-bond donors (Lipinski definition) is 0. The zero-order valence-electron chi connectivity index (χ0n) is 7.40. The second-order valence-corrected chi connectivity index (χ2v) is 3.46.